The maximum Gasteiger partial charge on any atom is 0.194 e. The fraction of sp³-hybridized carbons (Fsp3) is 0.533. The third-order valence-electron chi connectivity index (χ3n) is 3.72. The van der Waals surface area contributed by atoms with Gasteiger partial charge in [-0.3, -0.25) is 4.79 Å². The summed E-state index contributed by atoms with van der Waals surface area (Å²) in [5, 5.41) is 19.2. The molecule has 3 heteroatoms. The first-order valence-electron chi connectivity index (χ1n) is 6.63. The summed E-state index contributed by atoms with van der Waals surface area (Å²) in [7, 11) is 0. The number of benzene rings is 1. The molecule has 0 bridgehead atoms. The third-order valence-corrected chi connectivity index (χ3v) is 3.72. The minimum atomic E-state index is -1.16. The molecule has 0 saturated heterocycles. The van der Waals surface area contributed by atoms with Gasteiger partial charge in [-0.15, -0.1) is 0 Å². The molecule has 1 aromatic rings. The Hall–Kier alpha value is -1.19. The van der Waals surface area contributed by atoms with E-state index in [2.05, 4.69) is 0 Å². The smallest absolute Gasteiger partial charge is 0.194 e. The van der Waals surface area contributed by atoms with Gasteiger partial charge in [-0.2, -0.15) is 0 Å². The zero-order chi connectivity index (χ0) is 13.0. The van der Waals surface area contributed by atoms with E-state index in [0.717, 1.165) is 24.8 Å². The molecule has 1 aromatic carbocycles. The fourth-order valence-corrected chi connectivity index (χ4v) is 2.58. The second-order valence-corrected chi connectivity index (χ2v) is 5.09. The lowest BCUT2D eigenvalue weighted by Crippen LogP contribution is -2.40. The molecule has 1 aliphatic rings. The summed E-state index contributed by atoms with van der Waals surface area (Å²) in [5.74, 6) is -0.155. The second-order valence-electron chi connectivity index (χ2n) is 5.09. The van der Waals surface area contributed by atoms with Crippen LogP contribution in [0.25, 0.3) is 0 Å². The Morgan fingerprint density at radius 1 is 1.11 bits per heavy atom. The standard InChI is InChI=1S/C15H20O3/c16-11-8-12-4-6-13(7-5-12)14(17)15(18)9-2-1-3-10-15/h4-7,16,18H,1-3,8-11H2. The Morgan fingerprint density at radius 3 is 2.28 bits per heavy atom. The average Bonchev–Trinajstić information content (AvgIpc) is 2.40. The van der Waals surface area contributed by atoms with Crippen molar-refractivity contribution in [1.29, 1.82) is 0 Å². The zero-order valence-electron chi connectivity index (χ0n) is 10.6. The van der Waals surface area contributed by atoms with E-state index in [4.69, 9.17) is 5.11 Å². The van der Waals surface area contributed by atoms with E-state index in [1.807, 2.05) is 12.1 Å². The molecule has 0 aliphatic heterocycles. The number of aliphatic hydroxyl groups excluding tert-OH is 1. The molecule has 0 unspecified atom stereocenters. The highest BCUT2D eigenvalue weighted by Crippen LogP contribution is 2.31. The molecule has 98 valence electrons. The molecule has 0 radical (unpaired) electrons. The largest absolute Gasteiger partial charge is 0.396 e. The van der Waals surface area contributed by atoms with Crippen LogP contribution in [0.3, 0.4) is 0 Å². The highest BCUT2D eigenvalue weighted by Gasteiger charge is 2.37. The highest BCUT2D eigenvalue weighted by atomic mass is 16.3. The van der Waals surface area contributed by atoms with E-state index in [-0.39, 0.29) is 12.4 Å². The van der Waals surface area contributed by atoms with Crippen LogP contribution in [0.1, 0.15) is 48.0 Å². The first kappa shape index (κ1) is 13.2. The van der Waals surface area contributed by atoms with Crippen LogP contribution in [-0.2, 0) is 6.42 Å². The van der Waals surface area contributed by atoms with Crippen molar-refractivity contribution in [2.45, 2.75) is 44.1 Å². The molecule has 0 amide bonds. The number of hydrogen-bond donors (Lipinski definition) is 2. The fourth-order valence-electron chi connectivity index (χ4n) is 2.58. The van der Waals surface area contributed by atoms with Crippen molar-refractivity contribution in [3.05, 3.63) is 35.4 Å². The van der Waals surface area contributed by atoms with E-state index in [0.29, 0.717) is 24.8 Å². The van der Waals surface area contributed by atoms with Gasteiger partial charge in [0.15, 0.2) is 5.78 Å². The number of hydrogen-bond acceptors (Lipinski definition) is 3. The van der Waals surface area contributed by atoms with Gasteiger partial charge in [0.05, 0.1) is 0 Å². The monoisotopic (exact) mass is 248 g/mol. The summed E-state index contributed by atoms with van der Waals surface area (Å²) in [6, 6.07) is 7.19. The molecule has 1 fully saturated rings. The zero-order valence-corrected chi connectivity index (χ0v) is 10.6. The Morgan fingerprint density at radius 2 is 1.72 bits per heavy atom. The lowest BCUT2D eigenvalue weighted by Gasteiger charge is -2.30. The van der Waals surface area contributed by atoms with Gasteiger partial charge in [-0.1, -0.05) is 43.5 Å². The van der Waals surface area contributed by atoms with Gasteiger partial charge in [-0.25, -0.2) is 0 Å². The van der Waals surface area contributed by atoms with Gasteiger partial charge in [0.1, 0.15) is 5.60 Å². The Labute approximate surface area is 107 Å². The number of aliphatic hydroxyl groups is 2. The molecule has 0 atom stereocenters. The number of carbonyl (C=O) groups excluding carboxylic acids is 1. The summed E-state index contributed by atoms with van der Waals surface area (Å²) in [4.78, 5) is 12.3. The quantitative estimate of drug-likeness (QED) is 0.802. The SMILES string of the molecule is O=C(c1ccc(CCO)cc1)C1(O)CCCCC1. The van der Waals surface area contributed by atoms with Crippen LogP contribution in [0, 0.1) is 0 Å². The number of ketones is 1. The summed E-state index contributed by atoms with van der Waals surface area (Å²) < 4.78 is 0. The van der Waals surface area contributed by atoms with Crippen molar-refractivity contribution in [3.63, 3.8) is 0 Å². The van der Waals surface area contributed by atoms with Gasteiger partial charge >= 0.3 is 0 Å². The van der Waals surface area contributed by atoms with Crippen molar-refractivity contribution < 1.29 is 15.0 Å². The van der Waals surface area contributed by atoms with Crippen LogP contribution in [0.5, 0.6) is 0 Å². The summed E-state index contributed by atoms with van der Waals surface area (Å²) in [6.07, 6.45) is 4.69. The van der Waals surface area contributed by atoms with Gasteiger partial charge < -0.3 is 10.2 Å². The molecular weight excluding hydrogens is 228 g/mol. The minimum Gasteiger partial charge on any atom is -0.396 e. The maximum atomic E-state index is 12.3. The van der Waals surface area contributed by atoms with Crippen LogP contribution < -0.4 is 0 Å². The molecule has 1 saturated carbocycles. The molecule has 3 nitrogen and oxygen atoms in total. The lowest BCUT2D eigenvalue weighted by molar-refractivity contribution is 0.0116. The van der Waals surface area contributed by atoms with Crippen LogP contribution in [0.2, 0.25) is 0 Å². The first-order chi connectivity index (χ1) is 8.65. The lowest BCUT2D eigenvalue weighted by atomic mass is 9.79. The van der Waals surface area contributed by atoms with E-state index in [9.17, 15) is 9.90 Å². The third kappa shape index (κ3) is 2.79. The number of rotatable bonds is 4. The Balaban J connectivity index is 2.12. The van der Waals surface area contributed by atoms with E-state index in [1.165, 1.54) is 0 Å². The van der Waals surface area contributed by atoms with Gasteiger partial charge in [0.2, 0.25) is 0 Å². The maximum absolute atomic E-state index is 12.3. The molecule has 0 aromatic heterocycles. The van der Waals surface area contributed by atoms with E-state index >= 15 is 0 Å². The van der Waals surface area contributed by atoms with Crippen LogP contribution >= 0.6 is 0 Å². The highest BCUT2D eigenvalue weighted by molar-refractivity contribution is 6.02. The second kappa shape index (κ2) is 5.63. The van der Waals surface area contributed by atoms with E-state index in [1.54, 1.807) is 12.1 Å². The van der Waals surface area contributed by atoms with E-state index < -0.39 is 5.60 Å². The minimum absolute atomic E-state index is 0.108. The van der Waals surface area contributed by atoms with Crippen molar-refractivity contribution in [1.82, 2.24) is 0 Å². The van der Waals surface area contributed by atoms with Crippen molar-refractivity contribution >= 4 is 5.78 Å². The van der Waals surface area contributed by atoms with Crippen LogP contribution in [-0.4, -0.2) is 28.2 Å². The molecule has 1 aliphatic carbocycles. The predicted molar refractivity (Wildman–Crippen MR) is 69.6 cm³/mol. The molecule has 18 heavy (non-hydrogen) atoms. The van der Waals surface area contributed by atoms with Crippen molar-refractivity contribution in [2.75, 3.05) is 6.61 Å². The molecule has 2 N–H and O–H groups in total. The summed E-state index contributed by atoms with van der Waals surface area (Å²) in [6.45, 7) is 0.108. The summed E-state index contributed by atoms with van der Waals surface area (Å²) >= 11 is 0. The van der Waals surface area contributed by atoms with Crippen molar-refractivity contribution in [2.24, 2.45) is 0 Å². The summed E-state index contributed by atoms with van der Waals surface area (Å²) in [5.41, 5.74) is 0.419. The normalized spacial score (nSPS) is 18.6. The first-order valence-corrected chi connectivity index (χ1v) is 6.63. The predicted octanol–water partition coefficient (Wildman–Crippen LogP) is 2.10. The van der Waals surface area contributed by atoms with Gasteiger partial charge in [-0.05, 0) is 24.8 Å². The van der Waals surface area contributed by atoms with Crippen LogP contribution in [0.15, 0.2) is 24.3 Å². The number of Topliss-reactive ketones (excluding diaryl/α,β-unsaturated/α-hetero) is 1. The topological polar surface area (TPSA) is 57.5 Å². The number of carbonyl (C=O) groups is 1. The average molecular weight is 248 g/mol. The Bertz CT molecular complexity index is 402. The van der Waals surface area contributed by atoms with Gasteiger partial charge in [0.25, 0.3) is 0 Å². The van der Waals surface area contributed by atoms with Gasteiger partial charge in [0, 0.05) is 12.2 Å². The molecule has 2 rings (SSSR count). The Kier molecular flexibility index (Phi) is 4.15. The molecule has 0 heterocycles. The molecule has 0 spiro atoms. The van der Waals surface area contributed by atoms with Crippen molar-refractivity contribution in [3.8, 4) is 0 Å². The molecular formula is C15H20O3. The van der Waals surface area contributed by atoms with Crippen LogP contribution in [0.4, 0.5) is 0 Å².